The van der Waals surface area contributed by atoms with Crippen molar-refractivity contribution in [1.82, 2.24) is 5.32 Å². The van der Waals surface area contributed by atoms with Crippen molar-refractivity contribution in [1.29, 1.82) is 0 Å². The van der Waals surface area contributed by atoms with E-state index in [1.165, 1.54) is 0 Å². The Morgan fingerprint density at radius 3 is 2.73 bits per heavy atom. The normalized spacial score (nSPS) is 24.5. The minimum Gasteiger partial charge on any atom is -0.384 e. The molecule has 2 rings (SSSR count). The molecular formula is C11H14N4. The van der Waals surface area contributed by atoms with E-state index in [0.717, 1.165) is 11.1 Å². The highest BCUT2D eigenvalue weighted by atomic mass is 15.3. The van der Waals surface area contributed by atoms with Crippen molar-refractivity contribution in [3.8, 4) is 0 Å². The van der Waals surface area contributed by atoms with Gasteiger partial charge in [0.1, 0.15) is 5.84 Å². The molecule has 4 nitrogen and oxygen atoms in total. The Bertz CT molecular complexity index is 436. The fraction of sp³-hybridized carbons (Fsp3) is 0.182. The van der Waals surface area contributed by atoms with E-state index in [4.69, 9.17) is 11.5 Å². The third-order valence-electron chi connectivity index (χ3n) is 2.42. The summed E-state index contributed by atoms with van der Waals surface area (Å²) < 4.78 is 0. The van der Waals surface area contributed by atoms with E-state index in [-0.39, 0.29) is 0 Å². The van der Waals surface area contributed by atoms with Crippen LogP contribution in [-0.4, -0.2) is 5.84 Å². The molecule has 78 valence electrons. The van der Waals surface area contributed by atoms with Gasteiger partial charge in [0.05, 0.1) is 0 Å². The van der Waals surface area contributed by atoms with E-state index < -0.39 is 5.79 Å². The number of nitrogens with two attached hydrogens (primary N) is 2. The highest BCUT2D eigenvalue weighted by molar-refractivity contribution is 5.92. The Morgan fingerprint density at radius 1 is 1.33 bits per heavy atom. The van der Waals surface area contributed by atoms with Gasteiger partial charge in [0, 0.05) is 11.8 Å². The molecule has 1 unspecified atom stereocenters. The Labute approximate surface area is 88.7 Å². The van der Waals surface area contributed by atoms with Gasteiger partial charge < -0.3 is 11.1 Å². The summed E-state index contributed by atoms with van der Waals surface area (Å²) in [7, 11) is 0. The molecule has 15 heavy (non-hydrogen) atoms. The zero-order chi connectivity index (χ0) is 10.9. The lowest BCUT2D eigenvalue weighted by atomic mass is 10.0. The molecule has 4 heteroatoms. The third-order valence-corrected chi connectivity index (χ3v) is 2.42. The van der Waals surface area contributed by atoms with E-state index in [1.54, 1.807) is 12.3 Å². The van der Waals surface area contributed by atoms with Crippen LogP contribution in [0.25, 0.3) is 0 Å². The number of amidine groups is 1. The van der Waals surface area contributed by atoms with E-state index >= 15 is 0 Å². The molecule has 0 saturated carbocycles. The number of hydrogen-bond donors (Lipinski definition) is 3. The van der Waals surface area contributed by atoms with Crippen molar-refractivity contribution in [3.05, 3.63) is 47.7 Å². The summed E-state index contributed by atoms with van der Waals surface area (Å²) in [5, 5.41) is 3.01. The Morgan fingerprint density at radius 2 is 2.07 bits per heavy atom. The van der Waals surface area contributed by atoms with Crippen molar-refractivity contribution in [2.24, 2.45) is 16.5 Å². The number of nitrogens with one attached hydrogen (secondary N) is 1. The summed E-state index contributed by atoms with van der Waals surface area (Å²) in [6, 6.07) is 7.84. The van der Waals surface area contributed by atoms with Crippen LogP contribution in [0.1, 0.15) is 11.1 Å². The lowest BCUT2D eigenvalue weighted by molar-refractivity contribution is 0.408. The van der Waals surface area contributed by atoms with Gasteiger partial charge in [-0.2, -0.15) is 0 Å². The van der Waals surface area contributed by atoms with E-state index in [2.05, 4.69) is 10.3 Å². The molecule has 1 aromatic carbocycles. The molecule has 0 fully saturated rings. The van der Waals surface area contributed by atoms with E-state index in [1.807, 2.05) is 31.2 Å². The van der Waals surface area contributed by atoms with Gasteiger partial charge in [-0.25, -0.2) is 4.99 Å². The number of aliphatic imine (C=N–C) groups is 1. The van der Waals surface area contributed by atoms with Crippen LogP contribution in [-0.2, 0) is 5.79 Å². The highest BCUT2D eigenvalue weighted by Crippen LogP contribution is 2.22. The molecule has 5 N–H and O–H groups in total. The summed E-state index contributed by atoms with van der Waals surface area (Å²) in [6.45, 7) is 2.00. The average molecular weight is 202 g/mol. The maximum Gasteiger partial charge on any atom is 0.211 e. The largest absolute Gasteiger partial charge is 0.384 e. The van der Waals surface area contributed by atoms with Crippen LogP contribution in [0.5, 0.6) is 0 Å². The molecule has 0 aromatic heterocycles. The molecule has 1 aliphatic heterocycles. The zero-order valence-electron chi connectivity index (χ0n) is 8.57. The summed E-state index contributed by atoms with van der Waals surface area (Å²) in [5.41, 5.74) is 13.8. The molecule has 0 amide bonds. The molecule has 1 aliphatic rings. The van der Waals surface area contributed by atoms with Gasteiger partial charge >= 0.3 is 0 Å². The molecule has 1 aromatic rings. The minimum absolute atomic E-state index is 0.430. The van der Waals surface area contributed by atoms with Crippen LogP contribution in [0.3, 0.4) is 0 Å². The number of nitrogens with zero attached hydrogens (tertiary/aromatic N) is 1. The van der Waals surface area contributed by atoms with Crippen LogP contribution in [0, 0.1) is 6.92 Å². The predicted octanol–water partition coefficient (Wildman–Crippen LogP) is 0.538. The number of benzene rings is 1. The number of rotatable bonds is 1. The summed E-state index contributed by atoms with van der Waals surface area (Å²) in [4.78, 5) is 4.22. The second-order valence-corrected chi connectivity index (χ2v) is 3.60. The minimum atomic E-state index is -0.940. The van der Waals surface area contributed by atoms with E-state index in [0.29, 0.717) is 5.84 Å². The maximum atomic E-state index is 6.14. The highest BCUT2D eigenvalue weighted by Gasteiger charge is 2.28. The Balaban J connectivity index is 2.47. The van der Waals surface area contributed by atoms with Gasteiger partial charge in [-0.15, -0.1) is 0 Å². The van der Waals surface area contributed by atoms with Crippen LogP contribution in [0.4, 0.5) is 0 Å². The quantitative estimate of drug-likeness (QED) is 0.622. The predicted molar refractivity (Wildman–Crippen MR) is 60.9 cm³/mol. The molecule has 1 atom stereocenters. The van der Waals surface area contributed by atoms with Gasteiger partial charge in [0.25, 0.3) is 0 Å². The van der Waals surface area contributed by atoms with Crippen LogP contribution >= 0.6 is 0 Å². The first kappa shape index (κ1) is 9.73. The number of hydrogen-bond acceptors (Lipinski definition) is 4. The maximum absolute atomic E-state index is 6.14. The van der Waals surface area contributed by atoms with Crippen molar-refractivity contribution in [2.75, 3.05) is 0 Å². The van der Waals surface area contributed by atoms with Crippen LogP contribution in [0.2, 0.25) is 0 Å². The first-order valence-corrected chi connectivity index (χ1v) is 4.76. The van der Waals surface area contributed by atoms with Crippen LogP contribution < -0.4 is 16.8 Å². The smallest absolute Gasteiger partial charge is 0.211 e. The monoisotopic (exact) mass is 202 g/mol. The molecule has 0 spiro atoms. The summed E-state index contributed by atoms with van der Waals surface area (Å²) >= 11 is 0. The molecule has 0 bridgehead atoms. The van der Waals surface area contributed by atoms with Crippen molar-refractivity contribution < 1.29 is 0 Å². The number of aryl methyl sites for hydroxylation is 1. The molecule has 0 saturated heterocycles. The lowest BCUT2D eigenvalue weighted by Crippen LogP contribution is -2.49. The molecule has 0 radical (unpaired) electrons. The summed E-state index contributed by atoms with van der Waals surface area (Å²) in [6.07, 6.45) is 3.40. The van der Waals surface area contributed by atoms with Gasteiger partial charge in [0.15, 0.2) is 0 Å². The average Bonchev–Trinajstić information content (AvgIpc) is 2.17. The van der Waals surface area contributed by atoms with Gasteiger partial charge in [-0.05, 0) is 18.6 Å². The van der Waals surface area contributed by atoms with Crippen molar-refractivity contribution in [3.63, 3.8) is 0 Å². The fourth-order valence-corrected chi connectivity index (χ4v) is 1.67. The second kappa shape index (κ2) is 3.40. The second-order valence-electron chi connectivity index (χ2n) is 3.60. The Hall–Kier alpha value is -1.81. The summed E-state index contributed by atoms with van der Waals surface area (Å²) in [5.74, 6) is -0.510. The first-order chi connectivity index (χ1) is 7.12. The standard InChI is InChI=1S/C11H14N4/c1-8-4-2-3-5-9(8)11(13)14-7-6-10(12)15-11/h2-7,14H,13H2,1H3,(H2,12,15). The van der Waals surface area contributed by atoms with Gasteiger partial charge in [-0.1, -0.05) is 24.3 Å². The zero-order valence-corrected chi connectivity index (χ0v) is 8.57. The molecular weight excluding hydrogens is 188 g/mol. The van der Waals surface area contributed by atoms with Crippen molar-refractivity contribution >= 4 is 5.84 Å². The van der Waals surface area contributed by atoms with E-state index in [9.17, 15) is 0 Å². The van der Waals surface area contributed by atoms with Crippen molar-refractivity contribution in [2.45, 2.75) is 12.7 Å². The van der Waals surface area contributed by atoms with Gasteiger partial charge in [0.2, 0.25) is 5.79 Å². The SMILES string of the molecule is Cc1ccccc1C1(N)N=C(N)C=CN1. The topological polar surface area (TPSA) is 76.4 Å². The van der Waals surface area contributed by atoms with Gasteiger partial charge in [-0.3, -0.25) is 5.73 Å². The lowest BCUT2D eigenvalue weighted by Gasteiger charge is -2.29. The first-order valence-electron chi connectivity index (χ1n) is 4.76. The molecule has 0 aliphatic carbocycles. The molecule has 1 heterocycles. The third kappa shape index (κ3) is 1.71. The Kier molecular flexibility index (Phi) is 2.21. The van der Waals surface area contributed by atoms with Crippen LogP contribution in [0.15, 0.2) is 41.5 Å². The fourth-order valence-electron chi connectivity index (χ4n) is 1.67.